The molecule has 0 atom stereocenters. The van der Waals surface area contributed by atoms with E-state index < -0.39 is 40.6 Å². The molecule has 118 valence electrons. The van der Waals surface area contributed by atoms with Gasteiger partial charge in [-0.05, 0) is 25.0 Å². The fourth-order valence-electron chi connectivity index (χ4n) is 2.03. The highest BCUT2D eigenvalue weighted by atomic mass is 19.4. The number of aromatic carboxylic acids is 1. The highest BCUT2D eigenvalue weighted by Crippen LogP contribution is 2.51. The number of carboxylic acids is 1. The minimum Gasteiger partial charge on any atom is -0.478 e. The number of benzene rings is 1. The van der Waals surface area contributed by atoms with Gasteiger partial charge in [0.2, 0.25) is 0 Å². The number of halogens is 6. The van der Waals surface area contributed by atoms with Gasteiger partial charge in [0.05, 0.1) is 5.56 Å². The highest BCUT2D eigenvalue weighted by molar-refractivity contribution is 5.91. The summed E-state index contributed by atoms with van der Waals surface area (Å²) in [6.07, 6.45) is -12.1. The molecule has 1 aromatic rings. The average molecular weight is 316 g/mol. The minimum absolute atomic E-state index is 0.0181. The summed E-state index contributed by atoms with van der Waals surface area (Å²) < 4.78 is 76.7. The quantitative estimate of drug-likeness (QED) is 0.823. The molecule has 0 saturated carbocycles. The highest BCUT2D eigenvalue weighted by Gasteiger charge is 2.71. The summed E-state index contributed by atoms with van der Waals surface area (Å²) in [5.74, 6) is -1.68. The number of aryl methyl sites for hydroxylation is 1. The van der Waals surface area contributed by atoms with Gasteiger partial charge in [-0.25, -0.2) is 4.79 Å². The van der Waals surface area contributed by atoms with Crippen molar-refractivity contribution in [3.63, 3.8) is 0 Å². The van der Waals surface area contributed by atoms with Crippen molar-refractivity contribution in [2.75, 3.05) is 0 Å². The Morgan fingerprint density at radius 2 is 1.43 bits per heavy atom. The molecule has 0 aliphatic rings. The Bertz CT molecular complexity index is 560. The molecule has 0 saturated heterocycles. The first kappa shape index (κ1) is 17.3. The molecule has 0 aliphatic carbocycles. The lowest BCUT2D eigenvalue weighted by atomic mass is 9.85. The lowest BCUT2D eigenvalue weighted by molar-refractivity contribution is -0.376. The van der Waals surface area contributed by atoms with Crippen molar-refractivity contribution in [2.24, 2.45) is 0 Å². The average Bonchev–Trinajstić information content (AvgIpc) is 2.24. The summed E-state index contributed by atoms with van der Waals surface area (Å²) in [6.45, 7) is 2.01. The van der Waals surface area contributed by atoms with Crippen molar-refractivity contribution in [3.8, 4) is 0 Å². The number of carbonyl (C=O) groups is 1. The molecule has 0 unspecified atom stereocenters. The van der Waals surface area contributed by atoms with Gasteiger partial charge in [-0.3, -0.25) is 0 Å². The van der Waals surface area contributed by atoms with Crippen LogP contribution in [-0.2, 0) is 5.60 Å². The van der Waals surface area contributed by atoms with Crippen LogP contribution in [0.4, 0.5) is 26.3 Å². The maximum Gasteiger partial charge on any atom is 0.430 e. The third kappa shape index (κ3) is 2.57. The minimum atomic E-state index is -6.05. The molecule has 0 fully saturated rings. The van der Waals surface area contributed by atoms with Crippen LogP contribution in [0.3, 0.4) is 0 Å². The number of hydrogen-bond acceptors (Lipinski definition) is 2. The first-order valence-corrected chi connectivity index (χ1v) is 5.45. The number of aliphatic hydroxyl groups is 1. The van der Waals surface area contributed by atoms with Crippen molar-refractivity contribution >= 4 is 5.97 Å². The van der Waals surface area contributed by atoms with E-state index in [2.05, 4.69) is 0 Å². The summed E-state index contributed by atoms with van der Waals surface area (Å²) in [5, 5.41) is 18.2. The molecule has 1 rings (SSSR count). The monoisotopic (exact) mass is 316 g/mol. The third-order valence-electron chi connectivity index (χ3n) is 3.10. The molecular weight excluding hydrogens is 306 g/mol. The lowest BCUT2D eigenvalue weighted by Gasteiger charge is -2.34. The van der Waals surface area contributed by atoms with E-state index in [0.717, 1.165) is 13.0 Å². The van der Waals surface area contributed by atoms with E-state index in [4.69, 9.17) is 5.11 Å². The predicted octanol–water partition coefficient (Wildman–Crippen LogP) is 3.31. The summed E-state index contributed by atoms with van der Waals surface area (Å²) in [7, 11) is 0. The van der Waals surface area contributed by atoms with Crippen LogP contribution in [0.1, 0.15) is 27.0 Å². The number of alkyl halides is 6. The Kier molecular flexibility index (Phi) is 4.03. The normalized spacial score (nSPS) is 13.4. The zero-order chi connectivity index (χ0) is 16.8. The van der Waals surface area contributed by atoms with Crippen molar-refractivity contribution < 1.29 is 41.4 Å². The van der Waals surface area contributed by atoms with Gasteiger partial charge < -0.3 is 10.2 Å². The maximum absolute atomic E-state index is 12.8. The smallest absolute Gasteiger partial charge is 0.430 e. The van der Waals surface area contributed by atoms with Crippen molar-refractivity contribution in [1.82, 2.24) is 0 Å². The van der Waals surface area contributed by atoms with E-state index >= 15 is 0 Å². The predicted molar refractivity (Wildman–Crippen MR) is 58.9 cm³/mol. The van der Waals surface area contributed by atoms with Crippen LogP contribution >= 0.6 is 0 Å². The van der Waals surface area contributed by atoms with Crippen molar-refractivity contribution in [3.05, 3.63) is 34.4 Å². The molecule has 1 aromatic carbocycles. The molecular formula is C12H10F6O3. The molecule has 0 amide bonds. The van der Waals surface area contributed by atoms with Crippen LogP contribution in [-0.4, -0.2) is 28.5 Å². The van der Waals surface area contributed by atoms with Crippen LogP contribution in [0.15, 0.2) is 12.1 Å². The first-order chi connectivity index (χ1) is 9.25. The molecule has 0 spiro atoms. The number of hydrogen-bond donors (Lipinski definition) is 2. The van der Waals surface area contributed by atoms with Crippen LogP contribution < -0.4 is 0 Å². The van der Waals surface area contributed by atoms with Gasteiger partial charge in [0, 0.05) is 5.56 Å². The lowest BCUT2D eigenvalue weighted by Crippen LogP contribution is -2.54. The Morgan fingerprint density at radius 3 is 1.76 bits per heavy atom. The van der Waals surface area contributed by atoms with Gasteiger partial charge >= 0.3 is 18.3 Å². The summed E-state index contributed by atoms with van der Waals surface area (Å²) in [5.41, 5.74) is -8.21. The topological polar surface area (TPSA) is 57.5 Å². The molecule has 0 radical (unpaired) electrons. The van der Waals surface area contributed by atoms with Crippen molar-refractivity contribution in [1.29, 1.82) is 0 Å². The van der Waals surface area contributed by atoms with Gasteiger partial charge in [-0.1, -0.05) is 12.1 Å². The summed E-state index contributed by atoms with van der Waals surface area (Å²) in [4.78, 5) is 11.0. The molecule has 2 N–H and O–H groups in total. The van der Waals surface area contributed by atoms with Gasteiger partial charge in [0.1, 0.15) is 0 Å². The Hall–Kier alpha value is -1.77. The maximum atomic E-state index is 12.8. The second-order valence-electron chi connectivity index (χ2n) is 4.44. The Balaban J connectivity index is 3.79. The van der Waals surface area contributed by atoms with Gasteiger partial charge in [0.15, 0.2) is 0 Å². The first-order valence-electron chi connectivity index (χ1n) is 5.45. The van der Waals surface area contributed by atoms with Gasteiger partial charge in [0.25, 0.3) is 5.60 Å². The summed E-state index contributed by atoms with van der Waals surface area (Å²) in [6, 6.07) is 1.21. The molecule has 0 aliphatic heterocycles. The van der Waals surface area contributed by atoms with Gasteiger partial charge in [-0.15, -0.1) is 0 Å². The molecule has 0 aromatic heterocycles. The van der Waals surface area contributed by atoms with Crippen LogP contribution in [0, 0.1) is 13.8 Å². The van der Waals surface area contributed by atoms with E-state index in [1.54, 1.807) is 0 Å². The van der Waals surface area contributed by atoms with E-state index in [-0.39, 0.29) is 5.56 Å². The van der Waals surface area contributed by atoms with E-state index in [9.17, 15) is 36.2 Å². The van der Waals surface area contributed by atoms with E-state index in [0.29, 0.717) is 6.07 Å². The third-order valence-corrected chi connectivity index (χ3v) is 3.10. The molecule has 21 heavy (non-hydrogen) atoms. The number of carboxylic acid groups (broad SMARTS) is 1. The van der Waals surface area contributed by atoms with Crippen LogP contribution in [0.5, 0.6) is 0 Å². The molecule has 0 heterocycles. The number of rotatable bonds is 2. The largest absolute Gasteiger partial charge is 0.478 e. The van der Waals surface area contributed by atoms with Gasteiger partial charge in [-0.2, -0.15) is 26.3 Å². The fraction of sp³-hybridized carbons (Fsp3) is 0.417. The molecule has 0 bridgehead atoms. The molecule has 3 nitrogen and oxygen atoms in total. The second kappa shape index (κ2) is 4.90. The van der Waals surface area contributed by atoms with E-state index in [1.807, 2.05) is 0 Å². The summed E-state index contributed by atoms with van der Waals surface area (Å²) >= 11 is 0. The fourth-order valence-corrected chi connectivity index (χ4v) is 2.03. The van der Waals surface area contributed by atoms with Crippen molar-refractivity contribution in [2.45, 2.75) is 31.8 Å². The van der Waals surface area contributed by atoms with Crippen LogP contribution in [0.25, 0.3) is 0 Å². The molecule has 9 heteroatoms. The Labute approximate surface area is 114 Å². The van der Waals surface area contributed by atoms with Crippen LogP contribution in [0.2, 0.25) is 0 Å². The van der Waals surface area contributed by atoms with E-state index in [1.165, 1.54) is 6.92 Å². The Morgan fingerprint density at radius 1 is 1.00 bits per heavy atom. The second-order valence-corrected chi connectivity index (χ2v) is 4.44. The zero-order valence-corrected chi connectivity index (χ0v) is 10.7. The zero-order valence-electron chi connectivity index (χ0n) is 10.7. The SMILES string of the molecule is Cc1ccc(C(O)(C(F)(F)F)C(F)(F)F)c(C)c1C(=O)O. The standard InChI is InChI=1S/C12H10F6O3/c1-5-3-4-7(6(2)8(5)9(19)20)10(21,11(13,14)15)12(16,17)18/h3-4,21H,1-2H3,(H,19,20).